The van der Waals surface area contributed by atoms with E-state index in [2.05, 4.69) is 21.0 Å². The zero-order chi connectivity index (χ0) is 26.4. The highest BCUT2D eigenvalue weighted by Crippen LogP contribution is 2.28. The fourth-order valence-corrected chi connectivity index (χ4v) is 4.24. The number of rotatable bonds is 10. The van der Waals surface area contributed by atoms with E-state index in [0.717, 1.165) is 5.01 Å². The van der Waals surface area contributed by atoms with Crippen LogP contribution in [-0.2, 0) is 19.2 Å². The first-order valence-corrected chi connectivity index (χ1v) is 11.8. The Balaban J connectivity index is 1.77. The maximum Gasteiger partial charge on any atom is 0.270 e. The van der Waals surface area contributed by atoms with E-state index in [1.54, 1.807) is 56.3 Å². The first-order valence-electron chi connectivity index (χ1n) is 11.8. The number of pyridine rings is 1. The van der Waals surface area contributed by atoms with Crippen LogP contribution in [0.15, 0.2) is 54.7 Å². The van der Waals surface area contributed by atoms with Crippen molar-refractivity contribution in [1.29, 1.82) is 0 Å². The van der Waals surface area contributed by atoms with Crippen molar-refractivity contribution in [2.45, 2.75) is 39.3 Å². The van der Waals surface area contributed by atoms with Gasteiger partial charge in [-0.2, -0.15) is 0 Å². The highest BCUT2D eigenvalue weighted by atomic mass is 16.2. The highest BCUT2D eigenvalue weighted by Gasteiger charge is 2.50. The van der Waals surface area contributed by atoms with E-state index in [1.165, 1.54) is 20.2 Å². The average molecular weight is 494 g/mol. The second-order valence-corrected chi connectivity index (χ2v) is 9.05. The second-order valence-electron chi connectivity index (χ2n) is 9.05. The zero-order valence-corrected chi connectivity index (χ0v) is 20.7. The van der Waals surface area contributed by atoms with Crippen LogP contribution in [0.4, 0.5) is 0 Å². The Labute approximate surface area is 209 Å². The molecule has 1 fully saturated rings. The van der Waals surface area contributed by atoms with Crippen LogP contribution in [0.25, 0.3) is 0 Å². The summed E-state index contributed by atoms with van der Waals surface area (Å²) in [6, 6.07) is 12.3. The minimum Gasteiger partial charge on any atom is -0.346 e. The molecule has 4 atom stereocenters. The minimum absolute atomic E-state index is 0.144. The number of aromatic nitrogens is 1. The number of amides is 4. The van der Waals surface area contributed by atoms with Crippen molar-refractivity contribution < 1.29 is 24.0 Å². The van der Waals surface area contributed by atoms with E-state index in [1.807, 2.05) is 6.07 Å². The Morgan fingerprint density at radius 3 is 2.19 bits per heavy atom. The number of nitrogens with one attached hydrogen (secondary N) is 3. The number of nitrogens with zero attached hydrogens (tertiary/aromatic N) is 2. The molecule has 36 heavy (non-hydrogen) atoms. The van der Waals surface area contributed by atoms with Gasteiger partial charge in [0.1, 0.15) is 11.6 Å². The number of hydrazine groups is 1. The van der Waals surface area contributed by atoms with Gasteiger partial charge in [-0.15, -0.1) is 0 Å². The van der Waals surface area contributed by atoms with Gasteiger partial charge in [-0.1, -0.05) is 57.2 Å². The summed E-state index contributed by atoms with van der Waals surface area (Å²) in [5.41, 5.74) is 3.43. The Bertz CT molecular complexity index is 1120. The quantitative estimate of drug-likeness (QED) is 0.336. The van der Waals surface area contributed by atoms with Gasteiger partial charge in [0.15, 0.2) is 5.78 Å². The number of Topliss-reactive ketones (excluding diaryl/α,β-unsaturated/α-hetero) is 1. The van der Waals surface area contributed by atoms with Gasteiger partial charge in [0.25, 0.3) is 11.8 Å². The molecule has 1 aromatic carbocycles. The fraction of sp³-hybridized carbons (Fsp3) is 0.385. The minimum atomic E-state index is -1.19. The molecule has 0 radical (unpaired) electrons. The predicted octanol–water partition coefficient (Wildman–Crippen LogP) is 1.41. The van der Waals surface area contributed by atoms with E-state index in [0.29, 0.717) is 5.56 Å². The maximum absolute atomic E-state index is 13.3. The van der Waals surface area contributed by atoms with Crippen LogP contribution < -0.4 is 16.1 Å². The van der Waals surface area contributed by atoms with E-state index in [4.69, 9.17) is 0 Å². The van der Waals surface area contributed by atoms with Crippen LogP contribution in [-0.4, -0.2) is 52.5 Å². The molecule has 10 heteroatoms. The zero-order valence-electron chi connectivity index (χ0n) is 20.7. The third-order valence-electron chi connectivity index (χ3n) is 6.21. The lowest BCUT2D eigenvalue weighted by Crippen LogP contribution is -2.50. The van der Waals surface area contributed by atoms with Gasteiger partial charge >= 0.3 is 0 Å². The lowest BCUT2D eigenvalue weighted by Gasteiger charge is -2.26. The summed E-state index contributed by atoms with van der Waals surface area (Å²) < 4.78 is 0. The first kappa shape index (κ1) is 26.7. The van der Waals surface area contributed by atoms with Gasteiger partial charge in [0.2, 0.25) is 11.8 Å². The van der Waals surface area contributed by atoms with Crippen molar-refractivity contribution in [3.8, 4) is 0 Å². The molecule has 0 bridgehead atoms. The molecule has 2 heterocycles. The van der Waals surface area contributed by atoms with Crippen molar-refractivity contribution in [3.05, 3.63) is 66.0 Å². The standard InChI is InChI=1S/C26H31N5O5/c1-15(2)22(23(33)21-16(3)25(35)31(27-4)26(21)36)30-20(32)14-19(17-10-6-5-7-11-17)29-24(34)18-12-8-9-13-28-18/h5-13,15-16,19,21-22,27H,14H2,1-4H3,(H,29,34)(H,30,32)/t16-,19-,21+,22-/m0/s1. The van der Waals surface area contributed by atoms with Crippen molar-refractivity contribution in [2.75, 3.05) is 7.05 Å². The maximum atomic E-state index is 13.3. The van der Waals surface area contributed by atoms with Crippen LogP contribution in [0.3, 0.4) is 0 Å². The number of hydrogen-bond acceptors (Lipinski definition) is 7. The molecular weight excluding hydrogens is 462 g/mol. The fourth-order valence-electron chi connectivity index (χ4n) is 4.24. The Morgan fingerprint density at radius 1 is 0.972 bits per heavy atom. The molecule has 3 N–H and O–H groups in total. The topological polar surface area (TPSA) is 138 Å². The molecular formula is C26H31N5O5. The predicted molar refractivity (Wildman–Crippen MR) is 131 cm³/mol. The van der Waals surface area contributed by atoms with Crippen LogP contribution in [0.1, 0.15) is 49.3 Å². The van der Waals surface area contributed by atoms with Crippen LogP contribution in [0.5, 0.6) is 0 Å². The van der Waals surface area contributed by atoms with Crippen LogP contribution in [0.2, 0.25) is 0 Å². The SMILES string of the molecule is CNN1C(=O)[C@@H](C(=O)[C@@H](NC(=O)C[C@H](NC(=O)c2ccccn2)c2ccccc2)C(C)C)[C@H](C)C1=O. The summed E-state index contributed by atoms with van der Waals surface area (Å²) in [6.07, 6.45) is 1.36. The van der Waals surface area contributed by atoms with Crippen molar-refractivity contribution in [2.24, 2.45) is 17.8 Å². The van der Waals surface area contributed by atoms with Crippen molar-refractivity contribution >= 4 is 29.4 Å². The molecule has 1 aliphatic heterocycles. The summed E-state index contributed by atoms with van der Waals surface area (Å²) in [4.78, 5) is 68.3. The van der Waals surface area contributed by atoms with E-state index >= 15 is 0 Å². The van der Waals surface area contributed by atoms with E-state index in [9.17, 15) is 24.0 Å². The smallest absolute Gasteiger partial charge is 0.270 e. The third-order valence-corrected chi connectivity index (χ3v) is 6.21. The van der Waals surface area contributed by atoms with E-state index in [-0.39, 0.29) is 18.0 Å². The van der Waals surface area contributed by atoms with Crippen molar-refractivity contribution in [1.82, 2.24) is 26.1 Å². The van der Waals surface area contributed by atoms with Gasteiger partial charge < -0.3 is 10.6 Å². The number of ketones is 1. The summed E-state index contributed by atoms with van der Waals surface area (Å²) in [7, 11) is 1.43. The second kappa shape index (κ2) is 11.7. The number of benzene rings is 1. The molecule has 190 valence electrons. The molecule has 2 aromatic rings. The number of hydrogen-bond donors (Lipinski definition) is 3. The Hall–Kier alpha value is -3.92. The lowest BCUT2D eigenvalue weighted by atomic mass is 9.85. The lowest BCUT2D eigenvalue weighted by molar-refractivity contribution is -0.144. The molecule has 0 saturated carbocycles. The normalized spacial score (nSPS) is 19.2. The monoisotopic (exact) mass is 493 g/mol. The molecule has 0 aliphatic carbocycles. The Kier molecular flexibility index (Phi) is 8.65. The van der Waals surface area contributed by atoms with Gasteiger partial charge in [-0.25, -0.2) is 10.4 Å². The molecule has 10 nitrogen and oxygen atoms in total. The highest BCUT2D eigenvalue weighted by molar-refractivity contribution is 6.16. The van der Waals surface area contributed by atoms with Gasteiger partial charge in [0.05, 0.1) is 24.4 Å². The molecule has 3 rings (SSSR count). The average Bonchev–Trinajstić information content (AvgIpc) is 3.09. The Morgan fingerprint density at radius 2 is 1.64 bits per heavy atom. The molecule has 1 aliphatic rings. The van der Waals surface area contributed by atoms with Crippen molar-refractivity contribution in [3.63, 3.8) is 0 Å². The summed E-state index contributed by atoms with van der Waals surface area (Å²) in [6.45, 7) is 5.03. The molecule has 1 saturated heterocycles. The molecule has 4 amide bonds. The van der Waals surface area contributed by atoms with E-state index < -0.39 is 53.3 Å². The van der Waals surface area contributed by atoms with Crippen LogP contribution in [0, 0.1) is 17.8 Å². The number of carbonyl (C=O) groups is 5. The number of imide groups is 1. The molecule has 0 spiro atoms. The van der Waals surface area contributed by atoms with Gasteiger partial charge in [0, 0.05) is 13.2 Å². The third kappa shape index (κ3) is 5.83. The van der Waals surface area contributed by atoms with Crippen LogP contribution >= 0.6 is 0 Å². The summed E-state index contributed by atoms with van der Waals surface area (Å²) in [5, 5.41) is 6.42. The number of carbonyl (C=O) groups excluding carboxylic acids is 5. The first-order chi connectivity index (χ1) is 17.1. The van der Waals surface area contributed by atoms with Gasteiger partial charge in [-0.3, -0.25) is 29.0 Å². The summed E-state index contributed by atoms with van der Waals surface area (Å²) in [5.74, 6) is -4.93. The largest absolute Gasteiger partial charge is 0.346 e. The molecule has 1 aromatic heterocycles. The summed E-state index contributed by atoms with van der Waals surface area (Å²) >= 11 is 0. The van der Waals surface area contributed by atoms with Gasteiger partial charge in [-0.05, 0) is 23.6 Å². The molecule has 0 unspecified atom stereocenters.